The Morgan fingerprint density at radius 2 is 1.94 bits per heavy atom. The highest BCUT2D eigenvalue weighted by atomic mass is 127. The van der Waals surface area contributed by atoms with Crippen LogP contribution in [-0.2, 0) is 16.1 Å². The van der Waals surface area contributed by atoms with E-state index in [1.807, 2.05) is 45.2 Å². The van der Waals surface area contributed by atoms with Crippen molar-refractivity contribution in [2.45, 2.75) is 6.54 Å². The Labute approximate surface area is 130 Å². The number of carbonyl (C=O) groups is 1. The lowest BCUT2D eigenvalue weighted by Gasteiger charge is -2.07. The summed E-state index contributed by atoms with van der Waals surface area (Å²) < 4.78 is 7.56. The van der Waals surface area contributed by atoms with Gasteiger partial charge >= 0.3 is 5.97 Å². The highest BCUT2D eigenvalue weighted by Crippen LogP contribution is 2.05. The normalized spacial score (nSPS) is 10.1. The van der Waals surface area contributed by atoms with Crippen LogP contribution in [0.15, 0.2) is 28.8 Å². The monoisotopic (exact) mass is 479 g/mol. The molecule has 0 N–H and O–H groups in total. The third-order valence-electron chi connectivity index (χ3n) is 1.69. The second kappa shape index (κ2) is 6.74. The summed E-state index contributed by atoms with van der Waals surface area (Å²) in [5.74, 6) is -0.429. The Morgan fingerprint density at radius 3 is 2.41 bits per heavy atom. The highest BCUT2D eigenvalue weighted by molar-refractivity contribution is 14.1. The average Bonchev–Trinajstić information content (AvgIpc) is 2.23. The molecule has 0 amide bonds. The molecule has 0 saturated carbocycles. The van der Waals surface area contributed by atoms with E-state index in [0.717, 1.165) is 0 Å². The van der Waals surface area contributed by atoms with Crippen LogP contribution in [0.25, 0.3) is 0 Å². The molecule has 0 spiro atoms. The molecule has 0 aliphatic carbocycles. The largest absolute Gasteiger partial charge is 0.459 e. The lowest BCUT2D eigenvalue weighted by Crippen LogP contribution is -2.19. The van der Waals surface area contributed by atoms with Gasteiger partial charge < -0.3 is 9.30 Å². The van der Waals surface area contributed by atoms with Gasteiger partial charge in [-0.15, -0.1) is 0 Å². The molecule has 0 saturated heterocycles. The van der Waals surface area contributed by atoms with E-state index < -0.39 is 5.97 Å². The van der Waals surface area contributed by atoms with E-state index in [1.54, 1.807) is 17.0 Å². The van der Waals surface area contributed by atoms with Gasteiger partial charge in [-0.25, -0.2) is 0 Å². The number of rotatable bonds is 4. The first-order valence-electron chi connectivity index (χ1n) is 4.44. The number of esters is 1. The van der Waals surface area contributed by atoms with Crippen LogP contribution in [0.3, 0.4) is 0 Å². The standard InChI is InChI=1S/C10H8ClI2NO3/c1-6(11)5-17-9(15)4-14-2-7(12)10(16)8(13)3-14/h2-3H,1,4-5H2. The molecule has 17 heavy (non-hydrogen) atoms. The lowest BCUT2D eigenvalue weighted by molar-refractivity contribution is -0.143. The topological polar surface area (TPSA) is 48.3 Å². The maximum atomic E-state index is 11.4. The molecule has 92 valence electrons. The van der Waals surface area contributed by atoms with E-state index in [4.69, 9.17) is 16.3 Å². The van der Waals surface area contributed by atoms with Crippen LogP contribution in [0.4, 0.5) is 0 Å². The zero-order chi connectivity index (χ0) is 13.0. The molecule has 0 fully saturated rings. The minimum atomic E-state index is -0.429. The molecule has 1 aromatic heterocycles. The number of halogens is 3. The fraction of sp³-hybridized carbons (Fsp3) is 0.200. The van der Waals surface area contributed by atoms with Crippen LogP contribution < -0.4 is 5.43 Å². The van der Waals surface area contributed by atoms with Gasteiger partial charge in [-0.2, -0.15) is 0 Å². The molecule has 0 aliphatic rings. The van der Waals surface area contributed by atoms with Gasteiger partial charge in [0, 0.05) is 17.4 Å². The second-order valence-corrected chi connectivity index (χ2v) is 5.99. The third-order valence-corrected chi connectivity index (χ3v) is 3.34. The van der Waals surface area contributed by atoms with Gasteiger partial charge in [-0.1, -0.05) is 18.2 Å². The van der Waals surface area contributed by atoms with Crippen molar-refractivity contribution in [3.63, 3.8) is 0 Å². The van der Waals surface area contributed by atoms with Crippen molar-refractivity contribution >= 4 is 62.8 Å². The van der Waals surface area contributed by atoms with Crippen molar-refractivity contribution in [2.24, 2.45) is 0 Å². The Kier molecular flexibility index (Phi) is 5.93. The quantitative estimate of drug-likeness (QED) is 0.492. The van der Waals surface area contributed by atoms with Crippen LogP contribution in [0, 0.1) is 7.14 Å². The summed E-state index contributed by atoms with van der Waals surface area (Å²) in [4.78, 5) is 22.8. The molecule has 0 atom stereocenters. The van der Waals surface area contributed by atoms with Gasteiger partial charge in [-0.05, 0) is 45.2 Å². The maximum absolute atomic E-state index is 11.4. The van der Waals surface area contributed by atoms with Crippen LogP contribution in [0.5, 0.6) is 0 Å². The summed E-state index contributed by atoms with van der Waals surface area (Å²) >= 11 is 9.33. The molecule has 0 bridgehead atoms. The molecule has 0 aromatic carbocycles. The number of ether oxygens (including phenoxy) is 1. The van der Waals surface area contributed by atoms with Crippen LogP contribution in [0.1, 0.15) is 0 Å². The number of aromatic nitrogens is 1. The van der Waals surface area contributed by atoms with E-state index >= 15 is 0 Å². The molecular weight excluding hydrogens is 471 g/mol. The van der Waals surface area contributed by atoms with E-state index in [-0.39, 0.29) is 23.6 Å². The van der Waals surface area contributed by atoms with E-state index in [2.05, 4.69) is 6.58 Å². The summed E-state index contributed by atoms with van der Waals surface area (Å²) in [5.41, 5.74) is -0.0371. The fourth-order valence-electron chi connectivity index (χ4n) is 1.00. The van der Waals surface area contributed by atoms with Crippen LogP contribution >= 0.6 is 56.8 Å². The summed E-state index contributed by atoms with van der Waals surface area (Å²) in [6.07, 6.45) is 3.20. The summed E-state index contributed by atoms with van der Waals surface area (Å²) in [7, 11) is 0. The summed E-state index contributed by atoms with van der Waals surface area (Å²) in [6, 6.07) is 0. The van der Waals surface area contributed by atoms with Crippen molar-refractivity contribution in [1.29, 1.82) is 0 Å². The highest BCUT2D eigenvalue weighted by Gasteiger charge is 2.07. The number of nitrogens with zero attached hydrogens (tertiary/aromatic N) is 1. The molecule has 0 radical (unpaired) electrons. The molecule has 4 nitrogen and oxygen atoms in total. The third kappa shape index (κ3) is 4.96. The van der Waals surface area contributed by atoms with E-state index in [9.17, 15) is 9.59 Å². The maximum Gasteiger partial charge on any atom is 0.326 e. The minimum Gasteiger partial charge on any atom is -0.459 e. The second-order valence-electron chi connectivity index (χ2n) is 3.13. The van der Waals surface area contributed by atoms with Crippen molar-refractivity contribution in [3.8, 4) is 0 Å². The number of pyridine rings is 1. The number of hydrogen-bond acceptors (Lipinski definition) is 3. The van der Waals surface area contributed by atoms with Gasteiger partial charge in [0.15, 0.2) is 0 Å². The summed E-state index contributed by atoms with van der Waals surface area (Å²) in [6.45, 7) is 3.44. The summed E-state index contributed by atoms with van der Waals surface area (Å²) in [5, 5.41) is 0.266. The average molecular weight is 479 g/mol. The lowest BCUT2D eigenvalue weighted by atomic mass is 10.4. The van der Waals surface area contributed by atoms with Crippen molar-refractivity contribution in [2.75, 3.05) is 6.61 Å². The van der Waals surface area contributed by atoms with Crippen LogP contribution in [0.2, 0.25) is 0 Å². The SMILES string of the molecule is C=C(Cl)COC(=O)Cn1cc(I)c(=O)c(I)c1. The van der Waals surface area contributed by atoms with Crippen molar-refractivity contribution in [1.82, 2.24) is 4.57 Å². The molecule has 0 aliphatic heterocycles. The Bertz CT molecular complexity index is 487. The fourth-order valence-corrected chi connectivity index (χ4v) is 2.87. The van der Waals surface area contributed by atoms with Crippen LogP contribution in [-0.4, -0.2) is 17.1 Å². The molecular formula is C10H8ClI2NO3. The molecule has 7 heteroatoms. The first-order chi connectivity index (χ1) is 7.90. The Morgan fingerprint density at radius 1 is 1.41 bits per heavy atom. The molecule has 1 rings (SSSR count). The minimum absolute atomic E-state index is 0.00519. The van der Waals surface area contributed by atoms with Crippen molar-refractivity contribution in [3.05, 3.63) is 41.4 Å². The van der Waals surface area contributed by atoms with Gasteiger partial charge in [0.05, 0.1) is 7.14 Å². The zero-order valence-corrected chi connectivity index (χ0v) is 13.7. The zero-order valence-electron chi connectivity index (χ0n) is 8.58. The predicted octanol–water partition coefficient (Wildman–Crippen LogP) is 2.35. The van der Waals surface area contributed by atoms with E-state index in [0.29, 0.717) is 7.14 Å². The van der Waals surface area contributed by atoms with Gasteiger partial charge in [-0.3, -0.25) is 9.59 Å². The Balaban J connectivity index is 2.72. The smallest absolute Gasteiger partial charge is 0.326 e. The number of hydrogen-bond donors (Lipinski definition) is 0. The number of carbonyl (C=O) groups excluding carboxylic acids is 1. The molecule has 1 heterocycles. The van der Waals surface area contributed by atoms with Crippen molar-refractivity contribution < 1.29 is 9.53 Å². The van der Waals surface area contributed by atoms with Gasteiger partial charge in [0.2, 0.25) is 5.43 Å². The predicted molar refractivity (Wildman–Crippen MR) is 82.1 cm³/mol. The van der Waals surface area contributed by atoms with Gasteiger partial charge in [0.1, 0.15) is 13.2 Å². The first kappa shape index (κ1) is 15.0. The van der Waals surface area contributed by atoms with Gasteiger partial charge in [0.25, 0.3) is 0 Å². The Hall–Kier alpha value is -0.0900. The molecule has 0 unspecified atom stereocenters. The van der Waals surface area contributed by atoms with E-state index in [1.165, 1.54) is 0 Å². The molecule has 1 aromatic rings. The first-order valence-corrected chi connectivity index (χ1v) is 6.97.